The van der Waals surface area contributed by atoms with Crippen LogP contribution in [0.5, 0.6) is 5.75 Å². The van der Waals surface area contributed by atoms with Gasteiger partial charge >= 0.3 is 0 Å². The molecule has 2 N–H and O–H groups in total. The first-order chi connectivity index (χ1) is 7.65. The Morgan fingerprint density at radius 3 is 2.88 bits per heavy atom. The van der Waals surface area contributed by atoms with Crippen molar-refractivity contribution in [3.05, 3.63) is 23.2 Å². The molecule has 2 atom stereocenters. The number of hydrogen-bond acceptors (Lipinski definition) is 2. The Kier molecular flexibility index (Phi) is 3.59. The minimum absolute atomic E-state index is 0.312. The summed E-state index contributed by atoms with van der Waals surface area (Å²) in [5.74, 6) is 1.52. The Bertz CT molecular complexity index is 367. The number of benzene rings is 1. The summed E-state index contributed by atoms with van der Waals surface area (Å²) in [5, 5.41) is 0.655. The van der Waals surface area contributed by atoms with Crippen molar-refractivity contribution in [2.45, 2.75) is 38.7 Å². The molecular formula is C13H18ClNO. The molecule has 0 spiro atoms. The molecule has 0 aliphatic heterocycles. The highest BCUT2D eigenvalue weighted by Crippen LogP contribution is 2.31. The SMILES string of the molecule is CC1CCCC(Oc2ccc(Cl)cc2N)C1. The highest BCUT2D eigenvalue weighted by atomic mass is 35.5. The Morgan fingerprint density at radius 1 is 1.38 bits per heavy atom. The van der Waals surface area contributed by atoms with E-state index in [1.807, 2.05) is 12.1 Å². The average molecular weight is 240 g/mol. The maximum atomic E-state index is 5.93. The van der Waals surface area contributed by atoms with Crippen LogP contribution in [0.2, 0.25) is 5.02 Å². The van der Waals surface area contributed by atoms with Gasteiger partial charge in [-0.05, 0) is 43.4 Å². The lowest BCUT2D eigenvalue weighted by atomic mass is 9.89. The van der Waals surface area contributed by atoms with Crippen LogP contribution in [0.3, 0.4) is 0 Å². The summed E-state index contributed by atoms with van der Waals surface area (Å²) in [7, 11) is 0. The molecule has 1 aliphatic carbocycles. The normalized spacial score (nSPS) is 25.4. The zero-order valence-corrected chi connectivity index (χ0v) is 10.3. The lowest BCUT2D eigenvalue weighted by molar-refractivity contribution is 0.130. The summed E-state index contributed by atoms with van der Waals surface area (Å²) >= 11 is 5.85. The highest BCUT2D eigenvalue weighted by Gasteiger charge is 2.20. The first kappa shape index (κ1) is 11.6. The fraction of sp³-hybridized carbons (Fsp3) is 0.538. The largest absolute Gasteiger partial charge is 0.488 e. The van der Waals surface area contributed by atoms with Gasteiger partial charge in [0.05, 0.1) is 11.8 Å². The molecule has 0 heterocycles. The van der Waals surface area contributed by atoms with Crippen LogP contribution in [0.25, 0.3) is 0 Å². The molecule has 0 radical (unpaired) electrons. The van der Waals surface area contributed by atoms with Gasteiger partial charge in [0, 0.05) is 5.02 Å². The fourth-order valence-corrected chi connectivity index (χ4v) is 2.47. The van der Waals surface area contributed by atoms with Crippen molar-refractivity contribution in [1.29, 1.82) is 0 Å². The lowest BCUT2D eigenvalue weighted by Gasteiger charge is -2.27. The van der Waals surface area contributed by atoms with Crippen LogP contribution in [0.4, 0.5) is 5.69 Å². The van der Waals surface area contributed by atoms with Crippen molar-refractivity contribution < 1.29 is 4.74 Å². The fourth-order valence-electron chi connectivity index (χ4n) is 2.29. The van der Waals surface area contributed by atoms with E-state index in [1.54, 1.807) is 6.07 Å². The van der Waals surface area contributed by atoms with E-state index >= 15 is 0 Å². The minimum Gasteiger partial charge on any atom is -0.488 e. The third-order valence-electron chi connectivity index (χ3n) is 3.15. The second-order valence-corrected chi connectivity index (χ2v) is 5.13. The predicted molar refractivity (Wildman–Crippen MR) is 67.9 cm³/mol. The monoisotopic (exact) mass is 239 g/mol. The summed E-state index contributed by atoms with van der Waals surface area (Å²) in [5.41, 5.74) is 6.49. The smallest absolute Gasteiger partial charge is 0.142 e. The number of hydrogen-bond donors (Lipinski definition) is 1. The molecule has 0 bridgehead atoms. The molecule has 1 aliphatic rings. The molecule has 16 heavy (non-hydrogen) atoms. The van der Waals surface area contributed by atoms with Gasteiger partial charge in [-0.2, -0.15) is 0 Å². The molecule has 1 aromatic carbocycles. The third kappa shape index (κ3) is 2.82. The number of halogens is 1. The highest BCUT2D eigenvalue weighted by molar-refractivity contribution is 6.30. The molecule has 2 rings (SSSR count). The van der Waals surface area contributed by atoms with Crippen molar-refractivity contribution in [3.8, 4) is 5.75 Å². The first-order valence-corrected chi connectivity index (χ1v) is 6.24. The van der Waals surface area contributed by atoms with E-state index in [0.717, 1.165) is 24.5 Å². The average Bonchev–Trinajstić information content (AvgIpc) is 2.22. The van der Waals surface area contributed by atoms with E-state index in [-0.39, 0.29) is 0 Å². The van der Waals surface area contributed by atoms with E-state index in [2.05, 4.69) is 6.92 Å². The molecule has 1 aromatic rings. The molecule has 2 unspecified atom stereocenters. The summed E-state index contributed by atoms with van der Waals surface area (Å²) in [6.45, 7) is 2.28. The number of nitrogens with two attached hydrogens (primary N) is 1. The van der Waals surface area contributed by atoms with Crippen molar-refractivity contribution in [2.75, 3.05) is 5.73 Å². The predicted octanol–water partition coefficient (Wildman–Crippen LogP) is 3.88. The van der Waals surface area contributed by atoms with Gasteiger partial charge in [0.2, 0.25) is 0 Å². The van der Waals surface area contributed by atoms with Crippen LogP contribution in [-0.4, -0.2) is 6.10 Å². The van der Waals surface area contributed by atoms with E-state index in [1.165, 1.54) is 12.8 Å². The Morgan fingerprint density at radius 2 is 2.19 bits per heavy atom. The van der Waals surface area contributed by atoms with Gasteiger partial charge in [-0.15, -0.1) is 0 Å². The van der Waals surface area contributed by atoms with Gasteiger partial charge < -0.3 is 10.5 Å². The minimum atomic E-state index is 0.312. The van der Waals surface area contributed by atoms with Crippen LogP contribution >= 0.6 is 11.6 Å². The molecular weight excluding hydrogens is 222 g/mol. The number of anilines is 1. The molecule has 2 nitrogen and oxygen atoms in total. The summed E-state index contributed by atoms with van der Waals surface area (Å²) < 4.78 is 5.93. The van der Waals surface area contributed by atoms with E-state index < -0.39 is 0 Å². The molecule has 1 fully saturated rings. The molecule has 3 heteroatoms. The van der Waals surface area contributed by atoms with E-state index in [0.29, 0.717) is 16.8 Å². The van der Waals surface area contributed by atoms with Gasteiger partial charge in [-0.1, -0.05) is 24.9 Å². The maximum Gasteiger partial charge on any atom is 0.142 e. The molecule has 0 amide bonds. The van der Waals surface area contributed by atoms with Gasteiger partial charge in [-0.3, -0.25) is 0 Å². The van der Waals surface area contributed by atoms with Crippen LogP contribution < -0.4 is 10.5 Å². The topological polar surface area (TPSA) is 35.2 Å². The zero-order valence-electron chi connectivity index (χ0n) is 9.58. The summed E-state index contributed by atoms with van der Waals surface area (Å²) in [4.78, 5) is 0. The van der Waals surface area contributed by atoms with Crippen LogP contribution in [0, 0.1) is 5.92 Å². The van der Waals surface area contributed by atoms with Crippen LogP contribution in [0.15, 0.2) is 18.2 Å². The van der Waals surface area contributed by atoms with Crippen molar-refractivity contribution in [2.24, 2.45) is 5.92 Å². The zero-order chi connectivity index (χ0) is 11.5. The number of ether oxygens (including phenoxy) is 1. The Labute approximate surface area is 102 Å². The van der Waals surface area contributed by atoms with Gasteiger partial charge in [0.25, 0.3) is 0 Å². The van der Waals surface area contributed by atoms with Gasteiger partial charge in [0.1, 0.15) is 5.75 Å². The van der Waals surface area contributed by atoms with Crippen molar-refractivity contribution in [3.63, 3.8) is 0 Å². The van der Waals surface area contributed by atoms with Crippen molar-refractivity contribution in [1.82, 2.24) is 0 Å². The molecule has 0 aromatic heterocycles. The van der Waals surface area contributed by atoms with Crippen LogP contribution in [-0.2, 0) is 0 Å². The second kappa shape index (κ2) is 4.96. The number of rotatable bonds is 2. The summed E-state index contributed by atoms with van der Waals surface area (Å²) in [6, 6.07) is 5.42. The molecule has 88 valence electrons. The Balaban J connectivity index is 2.02. The van der Waals surface area contributed by atoms with E-state index in [4.69, 9.17) is 22.1 Å². The number of nitrogen functional groups attached to an aromatic ring is 1. The molecule has 0 saturated heterocycles. The summed E-state index contributed by atoms with van der Waals surface area (Å²) in [6.07, 6.45) is 5.14. The third-order valence-corrected chi connectivity index (χ3v) is 3.39. The van der Waals surface area contributed by atoms with E-state index in [9.17, 15) is 0 Å². The van der Waals surface area contributed by atoms with Crippen molar-refractivity contribution >= 4 is 17.3 Å². The quantitative estimate of drug-likeness (QED) is 0.795. The standard InChI is InChI=1S/C13H18ClNO/c1-9-3-2-4-11(7-9)16-13-6-5-10(14)8-12(13)15/h5-6,8-9,11H,2-4,7,15H2,1H3. The lowest BCUT2D eigenvalue weighted by Crippen LogP contribution is -2.24. The van der Waals surface area contributed by atoms with Gasteiger partial charge in [0.15, 0.2) is 0 Å². The molecule has 1 saturated carbocycles. The first-order valence-electron chi connectivity index (χ1n) is 5.87. The van der Waals surface area contributed by atoms with Gasteiger partial charge in [-0.25, -0.2) is 0 Å². The Hall–Kier alpha value is -0.890. The van der Waals surface area contributed by atoms with Crippen LogP contribution in [0.1, 0.15) is 32.6 Å². The maximum absolute atomic E-state index is 5.93. The second-order valence-electron chi connectivity index (χ2n) is 4.69.